The van der Waals surface area contributed by atoms with Crippen molar-refractivity contribution in [2.45, 2.75) is 11.4 Å². The molecule has 1 unspecified atom stereocenters. The summed E-state index contributed by atoms with van der Waals surface area (Å²) >= 11 is 0. The van der Waals surface area contributed by atoms with Crippen molar-refractivity contribution >= 4 is 27.8 Å². The Bertz CT molecular complexity index is 1120. The summed E-state index contributed by atoms with van der Waals surface area (Å²) in [5, 5.41) is 23.5. The van der Waals surface area contributed by atoms with Gasteiger partial charge in [-0.2, -0.15) is 0 Å². The number of rotatable bonds is 5. The number of fused-ring (bicyclic) bond motifs is 1. The second-order valence-corrected chi connectivity index (χ2v) is 7.97. The molecule has 3 aromatic rings. The van der Waals surface area contributed by atoms with Crippen LogP contribution in [0.25, 0.3) is 10.9 Å². The predicted octanol–water partition coefficient (Wildman–Crippen LogP) is 3.79. The van der Waals surface area contributed by atoms with Crippen LogP contribution in [-0.4, -0.2) is 25.6 Å². The number of nitrogens with zero attached hydrogens (tertiary/aromatic N) is 3. The molecule has 136 valence electrons. The van der Waals surface area contributed by atoms with Crippen LogP contribution in [0.15, 0.2) is 76.3 Å². The molecule has 0 fully saturated rings. The highest BCUT2D eigenvalue weighted by Gasteiger charge is 2.27. The van der Waals surface area contributed by atoms with Gasteiger partial charge in [-0.1, -0.05) is 12.1 Å². The van der Waals surface area contributed by atoms with Gasteiger partial charge in [-0.25, -0.2) is 4.79 Å². The summed E-state index contributed by atoms with van der Waals surface area (Å²) in [5.74, 6) is -1.01. The lowest BCUT2D eigenvalue weighted by molar-refractivity contribution is -0.410. The molecule has 3 heterocycles. The Morgan fingerprint density at radius 2 is 2.15 bits per heavy atom. The normalized spacial score (nSPS) is 17.2. The van der Waals surface area contributed by atoms with Crippen molar-refractivity contribution in [3.63, 3.8) is 0 Å². The van der Waals surface area contributed by atoms with Gasteiger partial charge >= 0.3 is 5.97 Å². The standard InChI is InChI=1S/C19H15N3O4S/c23-19(24)13-6-7-15-16(10-13)21(11-14-4-1-2-8-20-14)12-17(15)27-9-3-5-18(27)22(25)26/h1-10,12,27H,11H2,(H,23,24). The molecule has 2 aromatic heterocycles. The molecule has 0 saturated carbocycles. The molecule has 0 radical (unpaired) electrons. The maximum Gasteiger partial charge on any atom is 0.335 e. The highest BCUT2D eigenvalue weighted by atomic mass is 32.2. The van der Waals surface area contributed by atoms with Gasteiger partial charge in [0.25, 0.3) is 5.03 Å². The minimum atomic E-state index is -1.23. The number of benzene rings is 1. The first-order chi connectivity index (χ1) is 13.0. The molecular formula is C19H15N3O4S. The summed E-state index contributed by atoms with van der Waals surface area (Å²) < 4.78 is 1.91. The summed E-state index contributed by atoms with van der Waals surface area (Å²) in [6.45, 7) is 0.449. The molecule has 1 atom stereocenters. The van der Waals surface area contributed by atoms with Crippen LogP contribution < -0.4 is 0 Å². The van der Waals surface area contributed by atoms with Gasteiger partial charge in [-0.3, -0.25) is 15.1 Å². The minimum absolute atomic E-state index is 0.171. The van der Waals surface area contributed by atoms with Crippen molar-refractivity contribution in [3.05, 3.63) is 92.8 Å². The molecule has 1 aliphatic rings. The van der Waals surface area contributed by atoms with E-state index in [0.29, 0.717) is 6.54 Å². The highest BCUT2D eigenvalue weighted by Crippen LogP contribution is 2.51. The van der Waals surface area contributed by atoms with E-state index in [4.69, 9.17) is 0 Å². The van der Waals surface area contributed by atoms with Crippen molar-refractivity contribution in [2.24, 2.45) is 0 Å². The highest BCUT2D eigenvalue weighted by molar-refractivity contribution is 8.23. The van der Waals surface area contributed by atoms with E-state index in [9.17, 15) is 20.0 Å². The fourth-order valence-electron chi connectivity index (χ4n) is 3.12. The minimum Gasteiger partial charge on any atom is -0.478 e. The number of carboxylic acid groups (broad SMARTS) is 1. The zero-order valence-corrected chi connectivity index (χ0v) is 14.9. The molecule has 4 rings (SSSR count). The van der Waals surface area contributed by atoms with Crippen molar-refractivity contribution in [2.75, 3.05) is 0 Å². The molecule has 8 heteroatoms. The first-order valence-corrected chi connectivity index (χ1v) is 9.54. The third-order valence-electron chi connectivity index (χ3n) is 4.34. The van der Waals surface area contributed by atoms with E-state index >= 15 is 0 Å². The Morgan fingerprint density at radius 1 is 1.30 bits per heavy atom. The average Bonchev–Trinajstić information content (AvgIpc) is 3.27. The smallest absolute Gasteiger partial charge is 0.335 e. The molecule has 1 aliphatic heterocycles. The maximum atomic E-state index is 11.4. The zero-order chi connectivity index (χ0) is 19.0. The Hall–Kier alpha value is -3.39. The van der Waals surface area contributed by atoms with Crippen LogP contribution in [0.3, 0.4) is 0 Å². The van der Waals surface area contributed by atoms with E-state index in [2.05, 4.69) is 4.98 Å². The molecule has 1 aromatic carbocycles. The third-order valence-corrected chi connectivity index (χ3v) is 6.49. The van der Waals surface area contributed by atoms with Gasteiger partial charge in [-0.05, 0) is 35.7 Å². The molecule has 1 N–H and O–H groups in total. The number of pyridine rings is 1. The number of hydrogen-bond donors (Lipinski definition) is 2. The molecule has 0 amide bonds. The quantitative estimate of drug-likeness (QED) is 0.398. The van der Waals surface area contributed by atoms with Gasteiger partial charge in [0, 0.05) is 28.8 Å². The van der Waals surface area contributed by atoms with Crippen LogP contribution in [0.1, 0.15) is 16.1 Å². The lowest BCUT2D eigenvalue weighted by Gasteiger charge is -2.10. The second kappa shape index (κ2) is 6.73. The van der Waals surface area contributed by atoms with Crippen molar-refractivity contribution in [1.82, 2.24) is 9.55 Å². The summed E-state index contributed by atoms with van der Waals surface area (Å²) in [6.07, 6.45) is 6.81. The van der Waals surface area contributed by atoms with Crippen molar-refractivity contribution < 1.29 is 14.8 Å². The second-order valence-electron chi connectivity index (χ2n) is 5.99. The Balaban J connectivity index is 1.87. The van der Waals surface area contributed by atoms with E-state index < -0.39 is 16.9 Å². The molecule has 0 aliphatic carbocycles. The third kappa shape index (κ3) is 3.11. The fourth-order valence-corrected chi connectivity index (χ4v) is 5.07. The number of carbonyl (C=O) groups is 1. The van der Waals surface area contributed by atoms with Gasteiger partial charge < -0.3 is 9.67 Å². The van der Waals surface area contributed by atoms with Crippen molar-refractivity contribution in [3.8, 4) is 0 Å². The predicted molar refractivity (Wildman–Crippen MR) is 104 cm³/mol. The lowest BCUT2D eigenvalue weighted by Crippen LogP contribution is -2.01. The largest absolute Gasteiger partial charge is 0.478 e. The maximum absolute atomic E-state index is 11.4. The van der Waals surface area contributed by atoms with Gasteiger partial charge in [0.15, 0.2) is 0 Å². The average molecular weight is 381 g/mol. The number of carboxylic acids is 1. The van der Waals surface area contributed by atoms with Gasteiger partial charge in [-0.15, -0.1) is 10.9 Å². The summed E-state index contributed by atoms with van der Waals surface area (Å²) in [7, 11) is -1.23. The van der Waals surface area contributed by atoms with Crippen LogP contribution in [0.2, 0.25) is 0 Å². The number of nitro groups is 1. The molecule has 0 spiro atoms. The summed E-state index contributed by atoms with van der Waals surface area (Å²) in [5.41, 5.74) is 1.72. The van der Waals surface area contributed by atoms with E-state index in [1.54, 1.807) is 24.4 Å². The Kier molecular flexibility index (Phi) is 4.25. The molecule has 0 saturated heterocycles. The zero-order valence-electron chi connectivity index (χ0n) is 14.0. The van der Waals surface area contributed by atoms with Gasteiger partial charge in [0.2, 0.25) is 0 Å². The van der Waals surface area contributed by atoms with E-state index in [1.165, 1.54) is 12.1 Å². The molecular weight excluding hydrogens is 366 g/mol. The summed E-state index contributed by atoms with van der Waals surface area (Å²) in [6, 6.07) is 10.5. The van der Waals surface area contributed by atoms with Crippen LogP contribution in [0.4, 0.5) is 0 Å². The van der Waals surface area contributed by atoms with Crippen LogP contribution in [-0.2, 0) is 6.54 Å². The van der Waals surface area contributed by atoms with Crippen LogP contribution in [0, 0.1) is 10.1 Å². The summed E-state index contributed by atoms with van der Waals surface area (Å²) in [4.78, 5) is 27.6. The first-order valence-electron chi connectivity index (χ1n) is 8.13. The van der Waals surface area contributed by atoms with Crippen LogP contribution in [0.5, 0.6) is 0 Å². The van der Waals surface area contributed by atoms with E-state index in [1.807, 2.05) is 34.4 Å². The Morgan fingerprint density at radius 3 is 2.85 bits per heavy atom. The lowest BCUT2D eigenvalue weighted by atomic mass is 10.1. The monoisotopic (exact) mass is 381 g/mol. The van der Waals surface area contributed by atoms with Gasteiger partial charge in [0.1, 0.15) is 0 Å². The molecule has 27 heavy (non-hydrogen) atoms. The molecule has 7 nitrogen and oxygen atoms in total. The molecule has 0 bridgehead atoms. The number of thiol groups is 1. The first kappa shape index (κ1) is 17.0. The number of allylic oxidation sites excluding steroid dienone is 2. The number of aromatic carboxylic acids is 1. The van der Waals surface area contributed by atoms with E-state index in [-0.39, 0.29) is 15.5 Å². The SMILES string of the molecule is O=C(O)c1ccc2c([SH]3C=CC=C3[N+](=O)[O-])cn(Cc3ccccn3)c2c1. The number of aromatic nitrogens is 2. The topological polar surface area (TPSA) is 98.3 Å². The number of hydrogen-bond acceptors (Lipinski definition) is 4. The van der Waals surface area contributed by atoms with Crippen LogP contribution >= 0.6 is 10.9 Å². The Labute approximate surface area is 156 Å². The van der Waals surface area contributed by atoms with Gasteiger partial charge in [0.05, 0.1) is 28.2 Å². The fraction of sp³-hybridized carbons (Fsp3) is 0.0526. The van der Waals surface area contributed by atoms with Crippen molar-refractivity contribution in [1.29, 1.82) is 0 Å². The van der Waals surface area contributed by atoms with E-state index in [0.717, 1.165) is 21.5 Å².